The van der Waals surface area contributed by atoms with E-state index < -0.39 is 15.8 Å². The molecular weight excluding hydrogens is 368 g/mol. The van der Waals surface area contributed by atoms with Crippen LogP contribution >= 0.6 is 0 Å². The van der Waals surface area contributed by atoms with Crippen LogP contribution in [0.1, 0.15) is 20.7 Å². The number of rotatable bonds is 5. The van der Waals surface area contributed by atoms with E-state index in [1.807, 2.05) is 0 Å². The number of benzene rings is 2. The standard InChI is InChI=1S/C19H16N2O5S/c1-26-19(23)14-3-7-16(8-4-14)21-11-15(12-22)18(20-21)13-5-9-17(10-6-13)27(2,24)25/h3-12H,1-2H3. The second kappa shape index (κ2) is 7.16. The van der Waals surface area contributed by atoms with Crippen LogP contribution in [-0.4, -0.2) is 43.8 Å². The lowest BCUT2D eigenvalue weighted by molar-refractivity contribution is 0.0600. The molecule has 0 N–H and O–H groups in total. The van der Waals surface area contributed by atoms with E-state index in [0.29, 0.717) is 34.4 Å². The summed E-state index contributed by atoms with van der Waals surface area (Å²) in [6, 6.07) is 12.7. The van der Waals surface area contributed by atoms with Gasteiger partial charge < -0.3 is 4.74 Å². The van der Waals surface area contributed by atoms with Crippen LogP contribution in [-0.2, 0) is 14.6 Å². The Kier molecular flexibility index (Phi) is 4.91. The predicted octanol–water partition coefficient (Wildman–Crippen LogP) is 2.54. The van der Waals surface area contributed by atoms with Crippen LogP contribution in [0.4, 0.5) is 0 Å². The molecule has 0 atom stereocenters. The minimum Gasteiger partial charge on any atom is -0.465 e. The fraction of sp³-hybridized carbons (Fsp3) is 0.105. The Morgan fingerprint density at radius 1 is 1.07 bits per heavy atom. The zero-order chi connectivity index (χ0) is 19.6. The molecule has 138 valence electrons. The van der Waals surface area contributed by atoms with E-state index in [9.17, 15) is 18.0 Å². The lowest BCUT2D eigenvalue weighted by Crippen LogP contribution is -2.02. The van der Waals surface area contributed by atoms with Crippen LogP contribution in [0.25, 0.3) is 16.9 Å². The smallest absolute Gasteiger partial charge is 0.337 e. The van der Waals surface area contributed by atoms with Crippen molar-refractivity contribution in [3.05, 3.63) is 65.9 Å². The average molecular weight is 384 g/mol. The Morgan fingerprint density at radius 3 is 2.22 bits per heavy atom. The van der Waals surface area contributed by atoms with Gasteiger partial charge in [0.05, 0.1) is 28.8 Å². The summed E-state index contributed by atoms with van der Waals surface area (Å²) in [4.78, 5) is 23.1. The number of nitrogens with zero attached hydrogens (tertiary/aromatic N) is 2. The molecule has 0 amide bonds. The molecule has 3 rings (SSSR count). The minimum absolute atomic E-state index is 0.191. The zero-order valence-corrected chi connectivity index (χ0v) is 15.4. The number of methoxy groups -OCH3 is 1. The number of ether oxygens (including phenoxy) is 1. The Hall–Kier alpha value is -3.26. The molecule has 2 aromatic carbocycles. The Bertz CT molecular complexity index is 1100. The summed E-state index contributed by atoms with van der Waals surface area (Å²) in [5.74, 6) is -0.442. The molecule has 0 bridgehead atoms. The molecule has 8 heteroatoms. The van der Waals surface area contributed by atoms with Gasteiger partial charge in [-0.1, -0.05) is 12.1 Å². The molecule has 0 saturated carbocycles. The topological polar surface area (TPSA) is 95.3 Å². The van der Waals surface area contributed by atoms with Crippen molar-refractivity contribution in [2.45, 2.75) is 4.90 Å². The van der Waals surface area contributed by atoms with E-state index in [1.54, 1.807) is 42.6 Å². The van der Waals surface area contributed by atoms with Gasteiger partial charge in [-0.05, 0) is 36.4 Å². The van der Waals surface area contributed by atoms with E-state index in [0.717, 1.165) is 6.26 Å². The summed E-state index contributed by atoms with van der Waals surface area (Å²) in [6.07, 6.45) is 3.39. The van der Waals surface area contributed by atoms with E-state index in [-0.39, 0.29) is 4.90 Å². The molecule has 0 aliphatic heterocycles. The second-order valence-electron chi connectivity index (χ2n) is 5.83. The first-order valence-corrected chi connectivity index (χ1v) is 9.76. The molecule has 1 heterocycles. The quantitative estimate of drug-likeness (QED) is 0.495. The molecule has 0 radical (unpaired) electrons. The first kappa shape index (κ1) is 18.5. The van der Waals surface area contributed by atoms with Crippen LogP contribution in [0.5, 0.6) is 0 Å². The minimum atomic E-state index is -3.30. The van der Waals surface area contributed by atoms with Crippen molar-refractivity contribution in [1.82, 2.24) is 9.78 Å². The van der Waals surface area contributed by atoms with Crippen molar-refractivity contribution in [2.75, 3.05) is 13.4 Å². The maximum absolute atomic E-state index is 11.6. The summed E-state index contributed by atoms with van der Waals surface area (Å²) in [5, 5.41) is 4.43. The van der Waals surface area contributed by atoms with Gasteiger partial charge in [0.15, 0.2) is 16.1 Å². The summed E-state index contributed by atoms with van der Waals surface area (Å²) in [5.41, 5.74) is 2.47. The van der Waals surface area contributed by atoms with Gasteiger partial charge in [0.2, 0.25) is 0 Å². The predicted molar refractivity (Wildman–Crippen MR) is 98.8 cm³/mol. The molecule has 27 heavy (non-hydrogen) atoms. The highest BCUT2D eigenvalue weighted by Gasteiger charge is 2.14. The Morgan fingerprint density at radius 2 is 1.70 bits per heavy atom. The van der Waals surface area contributed by atoms with E-state index in [1.165, 1.54) is 23.9 Å². The highest BCUT2D eigenvalue weighted by atomic mass is 32.2. The largest absolute Gasteiger partial charge is 0.465 e. The van der Waals surface area contributed by atoms with Gasteiger partial charge in [-0.2, -0.15) is 5.10 Å². The first-order chi connectivity index (χ1) is 12.8. The van der Waals surface area contributed by atoms with Crippen LogP contribution in [0.3, 0.4) is 0 Å². The molecule has 3 aromatic rings. The molecule has 0 saturated heterocycles. The summed E-state index contributed by atoms with van der Waals surface area (Å²) in [7, 11) is -1.99. The number of carbonyl (C=O) groups is 2. The number of hydrogen-bond donors (Lipinski definition) is 0. The van der Waals surface area contributed by atoms with Crippen LogP contribution in [0, 0.1) is 0 Å². The van der Waals surface area contributed by atoms with Crippen molar-refractivity contribution in [3.8, 4) is 16.9 Å². The fourth-order valence-electron chi connectivity index (χ4n) is 2.56. The third kappa shape index (κ3) is 3.80. The number of aromatic nitrogens is 2. The molecule has 0 spiro atoms. The molecular formula is C19H16N2O5S. The lowest BCUT2D eigenvalue weighted by Gasteiger charge is -2.03. The van der Waals surface area contributed by atoms with Gasteiger partial charge in [0.25, 0.3) is 0 Å². The van der Waals surface area contributed by atoms with E-state index >= 15 is 0 Å². The number of hydrogen-bond acceptors (Lipinski definition) is 6. The van der Waals surface area contributed by atoms with Crippen LogP contribution in [0.2, 0.25) is 0 Å². The highest BCUT2D eigenvalue weighted by Crippen LogP contribution is 2.24. The fourth-order valence-corrected chi connectivity index (χ4v) is 3.19. The number of carbonyl (C=O) groups excluding carboxylic acids is 2. The van der Waals surface area contributed by atoms with Crippen molar-refractivity contribution in [1.29, 1.82) is 0 Å². The number of esters is 1. The van der Waals surface area contributed by atoms with Gasteiger partial charge >= 0.3 is 5.97 Å². The lowest BCUT2D eigenvalue weighted by atomic mass is 10.1. The van der Waals surface area contributed by atoms with Gasteiger partial charge in [-0.25, -0.2) is 17.9 Å². The van der Waals surface area contributed by atoms with Crippen LogP contribution < -0.4 is 0 Å². The third-order valence-electron chi connectivity index (χ3n) is 3.98. The third-order valence-corrected chi connectivity index (χ3v) is 5.11. The Balaban J connectivity index is 1.98. The Labute approximate surface area is 156 Å². The monoisotopic (exact) mass is 384 g/mol. The molecule has 7 nitrogen and oxygen atoms in total. The van der Waals surface area contributed by atoms with Crippen LogP contribution in [0.15, 0.2) is 59.6 Å². The van der Waals surface area contributed by atoms with Gasteiger partial charge in [0, 0.05) is 18.0 Å². The molecule has 1 aromatic heterocycles. The maximum atomic E-state index is 11.6. The molecule has 0 unspecified atom stereocenters. The number of aldehydes is 1. The molecule has 0 aliphatic carbocycles. The van der Waals surface area contributed by atoms with E-state index in [4.69, 9.17) is 0 Å². The van der Waals surface area contributed by atoms with Crippen molar-refractivity contribution in [3.63, 3.8) is 0 Å². The normalized spacial score (nSPS) is 11.2. The average Bonchev–Trinajstić information content (AvgIpc) is 3.11. The highest BCUT2D eigenvalue weighted by molar-refractivity contribution is 7.90. The van der Waals surface area contributed by atoms with Crippen molar-refractivity contribution < 1.29 is 22.7 Å². The second-order valence-corrected chi connectivity index (χ2v) is 7.85. The zero-order valence-electron chi connectivity index (χ0n) is 14.6. The summed E-state index contributed by atoms with van der Waals surface area (Å²) in [6.45, 7) is 0. The maximum Gasteiger partial charge on any atom is 0.337 e. The summed E-state index contributed by atoms with van der Waals surface area (Å²) >= 11 is 0. The van der Waals surface area contributed by atoms with Crippen molar-refractivity contribution in [2.24, 2.45) is 0 Å². The van der Waals surface area contributed by atoms with Gasteiger partial charge in [-0.3, -0.25) is 4.79 Å². The van der Waals surface area contributed by atoms with E-state index in [2.05, 4.69) is 9.84 Å². The molecule has 0 aliphatic rings. The number of sulfone groups is 1. The van der Waals surface area contributed by atoms with Crippen molar-refractivity contribution >= 4 is 22.1 Å². The van der Waals surface area contributed by atoms with Gasteiger partial charge in [-0.15, -0.1) is 0 Å². The van der Waals surface area contributed by atoms with Gasteiger partial charge in [0.1, 0.15) is 5.69 Å². The SMILES string of the molecule is COC(=O)c1ccc(-n2cc(C=O)c(-c3ccc(S(C)(=O)=O)cc3)n2)cc1. The first-order valence-electron chi connectivity index (χ1n) is 7.87. The molecule has 0 fully saturated rings. The summed E-state index contributed by atoms with van der Waals surface area (Å²) < 4.78 is 29.3.